The second-order valence-corrected chi connectivity index (χ2v) is 10.9. The highest BCUT2D eigenvalue weighted by molar-refractivity contribution is 7.99. The van der Waals surface area contributed by atoms with Gasteiger partial charge < -0.3 is 11.1 Å². The lowest BCUT2D eigenvalue weighted by Gasteiger charge is -2.13. The highest BCUT2D eigenvalue weighted by Gasteiger charge is 2.21. The van der Waals surface area contributed by atoms with Gasteiger partial charge in [0, 0.05) is 28.7 Å². The van der Waals surface area contributed by atoms with E-state index in [1.807, 2.05) is 47.8 Å². The van der Waals surface area contributed by atoms with Crippen LogP contribution < -0.4 is 11.1 Å². The molecule has 0 atom stereocenters. The van der Waals surface area contributed by atoms with Gasteiger partial charge in [0.25, 0.3) is 0 Å². The number of hydrogen-bond donors (Lipinski definition) is 2. The number of anilines is 2. The number of aryl methyl sites for hydroxylation is 1. The Morgan fingerprint density at radius 2 is 1.70 bits per heavy atom. The third-order valence-corrected chi connectivity index (χ3v) is 8.16. The number of nitrogens with two attached hydrogens (primary N) is 1. The van der Waals surface area contributed by atoms with Gasteiger partial charge in [0.15, 0.2) is 5.13 Å². The summed E-state index contributed by atoms with van der Waals surface area (Å²) in [6, 6.07) is 26.3. The number of hydrogen-bond acceptors (Lipinski definition) is 8. The molecule has 1 amide bonds. The lowest BCUT2D eigenvalue weighted by Crippen LogP contribution is -2.12. The fraction of sp³-hybridized carbons (Fsp3) is 0.129. The number of carbonyl (C=O) groups is 1. The molecule has 0 aliphatic carbocycles. The van der Waals surface area contributed by atoms with E-state index < -0.39 is 0 Å². The van der Waals surface area contributed by atoms with Crippen molar-refractivity contribution < 1.29 is 4.79 Å². The SMILES string of the molecule is CCc1ccc(-c2c(C#N)c(N)nc(SCCC(=O)Nc3nc(-c4ccc5ccccc5c4)cs3)c2C#N)cc1. The van der Waals surface area contributed by atoms with Crippen LogP contribution >= 0.6 is 23.1 Å². The van der Waals surface area contributed by atoms with Gasteiger partial charge in [-0.1, -0.05) is 67.6 Å². The molecule has 5 aromatic rings. The van der Waals surface area contributed by atoms with Crippen LogP contribution in [0.5, 0.6) is 0 Å². The zero-order valence-corrected chi connectivity index (χ0v) is 23.3. The van der Waals surface area contributed by atoms with Crippen molar-refractivity contribution in [2.24, 2.45) is 0 Å². The van der Waals surface area contributed by atoms with E-state index in [-0.39, 0.29) is 29.3 Å². The fourth-order valence-electron chi connectivity index (χ4n) is 4.33. The average Bonchev–Trinajstić information content (AvgIpc) is 3.45. The molecule has 0 aliphatic heterocycles. The maximum absolute atomic E-state index is 12.7. The summed E-state index contributed by atoms with van der Waals surface area (Å²) in [6.07, 6.45) is 1.06. The van der Waals surface area contributed by atoms with E-state index in [1.165, 1.54) is 23.1 Å². The zero-order chi connectivity index (χ0) is 28.1. The number of aromatic nitrogens is 2. The number of pyridine rings is 1. The molecule has 0 fully saturated rings. The van der Waals surface area contributed by atoms with Crippen LogP contribution in [0, 0.1) is 22.7 Å². The van der Waals surface area contributed by atoms with Gasteiger partial charge in [-0.2, -0.15) is 10.5 Å². The number of thiazole rings is 1. The summed E-state index contributed by atoms with van der Waals surface area (Å²) in [5.41, 5.74) is 10.7. The number of thioether (sulfide) groups is 1. The van der Waals surface area contributed by atoms with Crippen LogP contribution in [0.1, 0.15) is 30.0 Å². The Labute approximate surface area is 240 Å². The van der Waals surface area contributed by atoms with Gasteiger partial charge in [0.1, 0.15) is 28.5 Å². The molecule has 0 saturated heterocycles. The van der Waals surface area contributed by atoms with E-state index in [1.54, 1.807) is 0 Å². The molecule has 2 aromatic heterocycles. The molecule has 0 bridgehead atoms. The minimum Gasteiger partial charge on any atom is -0.383 e. The van der Waals surface area contributed by atoms with Crippen LogP contribution in [-0.2, 0) is 11.2 Å². The van der Waals surface area contributed by atoms with Crippen molar-refractivity contribution in [2.45, 2.75) is 24.8 Å². The first kappa shape index (κ1) is 26.9. The molecule has 5 rings (SSSR count). The van der Waals surface area contributed by atoms with Crippen molar-refractivity contribution in [3.8, 4) is 34.5 Å². The maximum Gasteiger partial charge on any atom is 0.226 e. The predicted octanol–water partition coefficient (Wildman–Crippen LogP) is 7.03. The molecule has 196 valence electrons. The number of carbonyl (C=O) groups excluding carboxylic acids is 1. The number of nitrogens with zero attached hydrogens (tertiary/aromatic N) is 4. The first-order valence-corrected chi connectivity index (χ1v) is 14.5. The third kappa shape index (κ3) is 5.67. The molecule has 2 heterocycles. The Morgan fingerprint density at radius 3 is 2.42 bits per heavy atom. The van der Waals surface area contributed by atoms with Crippen LogP contribution in [0.3, 0.4) is 0 Å². The lowest BCUT2D eigenvalue weighted by molar-refractivity contribution is -0.115. The van der Waals surface area contributed by atoms with Gasteiger partial charge in [-0.25, -0.2) is 9.97 Å². The van der Waals surface area contributed by atoms with E-state index in [0.717, 1.165) is 39.6 Å². The third-order valence-electron chi connectivity index (χ3n) is 6.43. The predicted molar refractivity (Wildman–Crippen MR) is 162 cm³/mol. The van der Waals surface area contributed by atoms with Gasteiger partial charge >= 0.3 is 0 Å². The van der Waals surface area contributed by atoms with Gasteiger partial charge in [-0.3, -0.25) is 4.79 Å². The highest BCUT2D eigenvalue weighted by atomic mass is 32.2. The number of nitrogens with one attached hydrogen (secondary N) is 1. The van der Waals surface area contributed by atoms with Crippen LogP contribution in [0.4, 0.5) is 10.9 Å². The molecule has 0 unspecified atom stereocenters. The Bertz CT molecular complexity index is 1800. The van der Waals surface area contributed by atoms with Gasteiger partial charge in [0.05, 0.1) is 11.3 Å². The summed E-state index contributed by atoms with van der Waals surface area (Å²) < 4.78 is 0. The topological polar surface area (TPSA) is 128 Å². The van der Waals surface area contributed by atoms with E-state index in [4.69, 9.17) is 5.73 Å². The molecular formula is C31H24N6OS2. The van der Waals surface area contributed by atoms with Crippen LogP contribution in [-0.4, -0.2) is 21.6 Å². The Kier molecular flexibility index (Phi) is 8.07. The molecule has 0 radical (unpaired) electrons. The largest absolute Gasteiger partial charge is 0.383 e. The maximum atomic E-state index is 12.7. The Morgan fingerprint density at radius 1 is 0.975 bits per heavy atom. The first-order valence-electron chi connectivity index (χ1n) is 12.6. The summed E-state index contributed by atoms with van der Waals surface area (Å²) in [7, 11) is 0. The number of nitriles is 2. The summed E-state index contributed by atoms with van der Waals surface area (Å²) >= 11 is 2.63. The number of amides is 1. The monoisotopic (exact) mass is 560 g/mol. The summed E-state index contributed by atoms with van der Waals surface area (Å²) in [4.78, 5) is 21.6. The number of fused-ring (bicyclic) bond motifs is 1. The van der Waals surface area contributed by atoms with Crippen LogP contribution in [0.25, 0.3) is 33.2 Å². The molecule has 0 spiro atoms. The molecular weight excluding hydrogens is 537 g/mol. The number of rotatable bonds is 8. The zero-order valence-electron chi connectivity index (χ0n) is 21.6. The van der Waals surface area contributed by atoms with E-state index >= 15 is 0 Å². The smallest absolute Gasteiger partial charge is 0.226 e. The average molecular weight is 561 g/mol. The van der Waals surface area contributed by atoms with Gasteiger partial charge in [0.2, 0.25) is 5.91 Å². The second kappa shape index (κ2) is 12.0. The van der Waals surface area contributed by atoms with E-state index in [9.17, 15) is 15.3 Å². The highest BCUT2D eigenvalue weighted by Crippen LogP contribution is 2.36. The standard InChI is InChI=1S/C31H24N6OS2/c1-2-19-7-9-21(10-8-19)28-24(16-32)29(34)37-30(25(28)17-33)39-14-13-27(38)36-31-35-26(18-40-31)23-12-11-20-5-3-4-6-22(20)15-23/h3-12,15,18H,2,13-14H2,1H3,(H2,34,37)(H,35,36,38). The molecule has 3 N–H and O–H groups in total. The first-order chi connectivity index (χ1) is 19.5. The Hall–Kier alpha value is -4.70. The Balaban J connectivity index is 1.27. The van der Waals surface area contributed by atoms with Crippen molar-refractivity contribution >= 4 is 50.7 Å². The molecule has 3 aromatic carbocycles. The van der Waals surface area contributed by atoms with Gasteiger partial charge in [-0.05, 0) is 34.4 Å². The molecule has 0 saturated carbocycles. The second-order valence-electron chi connectivity index (χ2n) is 8.95. The lowest BCUT2D eigenvalue weighted by atomic mass is 9.96. The number of nitrogen functional groups attached to an aromatic ring is 1. The molecule has 40 heavy (non-hydrogen) atoms. The minimum atomic E-state index is -0.192. The summed E-state index contributed by atoms with van der Waals surface area (Å²) in [5, 5.41) is 27.7. The summed E-state index contributed by atoms with van der Waals surface area (Å²) in [5.74, 6) is 0.241. The molecule has 0 aliphatic rings. The van der Waals surface area contributed by atoms with Crippen molar-refractivity contribution in [1.82, 2.24) is 9.97 Å². The van der Waals surface area contributed by atoms with E-state index in [2.05, 4.69) is 58.6 Å². The number of benzene rings is 3. The summed E-state index contributed by atoms with van der Waals surface area (Å²) in [6.45, 7) is 2.06. The van der Waals surface area contributed by atoms with Crippen LogP contribution in [0.2, 0.25) is 0 Å². The van der Waals surface area contributed by atoms with E-state index in [0.29, 0.717) is 21.5 Å². The molecule has 7 nitrogen and oxygen atoms in total. The van der Waals surface area contributed by atoms with Crippen molar-refractivity contribution in [3.63, 3.8) is 0 Å². The van der Waals surface area contributed by atoms with Crippen molar-refractivity contribution in [3.05, 3.63) is 88.8 Å². The normalized spacial score (nSPS) is 10.7. The van der Waals surface area contributed by atoms with Gasteiger partial charge in [-0.15, -0.1) is 23.1 Å². The fourth-order valence-corrected chi connectivity index (χ4v) is 6.00. The van der Waals surface area contributed by atoms with Crippen molar-refractivity contribution in [1.29, 1.82) is 10.5 Å². The minimum absolute atomic E-state index is 0.0621. The van der Waals surface area contributed by atoms with Crippen molar-refractivity contribution in [2.75, 3.05) is 16.8 Å². The quantitative estimate of drug-likeness (QED) is 0.195. The van der Waals surface area contributed by atoms with Crippen LogP contribution in [0.15, 0.2) is 77.1 Å². The molecule has 9 heteroatoms.